The Hall–Kier alpha value is -5.76. The molecule has 1 aromatic heterocycles. The molecule has 0 aliphatic heterocycles. The van der Waals surface area contributed by atoms with Gasteiger partial charge in [-0.05, 0) is 125 Å². The highest BCUT2D eigenvalue weighted by molar-refractivity contribution is 7.26. The van der Waals surface area contributed by atoms with Crippen molar-refractivity contribution in [2.45, 2.75) is 32.1 Å². The first-order valence-electron chi connectivity index (χ1n) is 18.5. The predicted molar refractivity (Wildman–Crippen MR) is 227 cm³/mol. The predicted octanol–water partition coefficient (Wildman–Crippen LogP) is 14.9. The molecule has 246 valence electrons. The molecule has 11 rings (SSSR count). The summed E-state index contributed by atoms with van der Waals surface area (Å²) >= 11 is 1.91. The zero-order valence-corrected chi connectivity index (χ0v) is 30.2. The van der Waals surface area contributed by atoms with E-state index in [0.717, 1.165) is 12.8 Å². The standard InChI is InChI=1S/C51H36S/c1-51(2)42-26-24-34(30-41(42)49-43(51)27-23-32-25-28-45-50(48(32)49)40-21-10-11-22-44(40)52-45)33-15-12-16-35(29-33)47-38-19-8-6-17-36(38)46(31-13-4-3-5-14-31)37-18-7-9-20-39(37)47/h3-4,6-13,15-30H,5,14H2,1-2H3. The fourth-order valence-corrected chi connectivity index (χ4v) is 10.6. The first-order valence-corrected chi connectivity index (χ1v) is 19.3. The molecule has 1 heterocycles. The molecule has 0 saturated heterocycles. The van der Waals surface area contributed by atoms with Gasteiger partial charge >= 0.3 is 0 Å². The summed E-state index contributed by atoms with van der Waals surface area (Å²) in [6.07, 6.45) is 8.98. The first kappa shape index (κ1) is 29.9. The molecular weight excluding hydrogens is 645 g/mol. The lowest BCUT2D eigenvalue weighted by Gasteiger charge is -2.22. The van der Waals surface area contributed by atoms with E-state index < -0.39 is 0 Å². The molecule has 0 saturated carbocycles. The van der Waals surface area contributed by atoms with Crippen LogP contribution >= 0.6 is 11.3 Å². The van der Waals surface area contributed by atoms with Gasteiger partial charge in [0.2, 0.25) is 0 Å². The molecule has 1 heteroatoms. The SMILES string of the molecule is CC1(C)c2ccc(-c3cccc(-c4c5ccccc5c(C5=CC=CCC5)c5ccccc45)c3)cc2-c2c1ccc1ccc3sc4ccccc4c3c21. The molecule has 0 fully saturated rings. The Kier molecular flexibility index (Phi) is 6.40. The van der Waals surface area contributed by atoms with Gasteiger partial charge in [0, 0.05) is 25.6 Å². The van der Waals surface area contributed by atoms with Gasteiger partial charge in [-0.15, -0.1) is 11.3 Å². The van der Waals surface area contributed by atoms with Crippen molar-refractivity contribution in [3.8, 4) is 33.4 Å². The van der Waals surface area contributed by atoms with Crippen molar-refractivity contribution in [3.05, 3.63) is 174 Å². The number of allylic oxidation sites excluding steroid dienone is 4. The van der Waals surface area contributed by atoms with Crippen molar-refractivity contribution >= 4 is 69.4 Å². The smallest absolute Gasteiger partial charge is 0.0362 e. The monoisotopic (exact) mass is 680 g/mol. The molecule has 8 aromatic carbocycles. The molecule has 2 aliphatic rings. The van der Waals surface area contributed by atoms with Crippen LogP contribution in [0.2, 0.25) is 0 Å². The number of fused-ring (bicyclic) bond motifs is 11. The van der Waals surface area contributed by atoms with Crippen LogP contribution in [-0.4, -0.2) is 0 Å². The van der Waals surface area contributed by atoms with E-state index in [2.05, 4.69) is 172 Å². The van der Waals surface area contributed by atoms with E-state index in [1.807, 2.05) is 11.3 Å². The number of rotatable bonds is 3. The van der Waals surface area contributed by atoms with Gasteiger partial charge in [-0.2, -0.15) is 0 Å². The molecule has 0 amide bonds. The summed E-state index contributed by atoms with van der Waals surface area (Å²) < 4.78 is 2.71. The quantitative estimate of drug-likeness (QED) is 0.163. The second kappa shape index (κ2) is 11.1. The van der Waals surface area contributed by atoms with Gasteiger partial charge < -0.3 is 0 Å². The molecule has 0 radical (unpaired) electrons. The van der Waals surface area contributed by atoms with E-state index in [0.29, 0.717) is 0 Å². The summed E-state index contributed by atoms with van der Waals surface area (Å²) in [5, 5.41) is 10.8. The van der Waals surface area contributed by atoms with Gasteiger partial charge in [0.15, 0.2) is 0 Å². The van der Waals surface area contributed by atoms with Crippen LogP contribution in [0.3, 0.4) is 0 Å². The van der Waals surface area contributed by atoms with E-state index in [-0.39, 0.29) is 5.41 Å². The van der Waals surface area contributed by atoms with Gasteiger partial charge in [-0.25, -0.2) is 0 Å². The van der Waals surface area contributed by atoms with E-state index in [9.17, 15) is 0 Å². The molecule has 9 aromatic rings. The number of benzene rings is 8. The average Bonchev–Trinajstić information content (AvgIpc) is 3.69. The second-order valence-corrected chi connectivity index (χ2v) is 16.2. The third-order valence-corrected chi connectivity index (χ3v) is 13.0. The molecule has 52 heavy (non-hydrogen) atoms. The highest BCUT2D eigenvalue weighted by Crippen LogP contribution is 2.54. The van der Waals surface area contributed by atoms with Crippen LogP contribution in [0.1, 0.15) is 43.4 Å². The first-order chi connectivity index (χ1) is 25.6. The molecule has 0 unspecified atom stereocenters. The van der Waals surface area contributed by atoms with E-state index in [1.165, 1.54) is 108 Å². The van der Waals surface area contributed by atoms with Crippen molar-refractivity contribution < 1.29 is 0 Å². The molecule has 0 nitrogen and oxygen atoms in total. The van der Waals surface area contributed by atoms with Crippen molar-refractivity contribution in [1.29, 1.82) is 0 Å². The van der Waals surface area contributed by atoms with Crippen LogP contribution in [0.5, 0.6) is 0 Å². The van der Waals surface area contributed by atoms with Crippen molar-refractivity contribution in [3.63, 3.8) is 0 Å². The summed E-state index contributed by atoms with van der Waals surface area (Å²) in [7, 11) is 0. The lowest BCUT2D eigenvalue weighted by atomic mass is 9.81. The van der Waals surface area contributed by atoms with E-state index >= 15 is 0 Å². The summed E-state index contributed by atoms with van der Waals surface area (Å²) in [4.78, 5) is 0. The minimum absolute atomic E-state index is 0.0869. The zero-order valence-electron chi connectivity index (χ0n) is 29.3. The van der Waals surface area contributed by atoms with Gasteiger partial charge in [-0.1, -0.05) is 147 Å². The Bertz CT molecular complexity index is 2980. The lowest BCUT2D eigenvalue weighted by Crippen LogP contribution is -2.14. The minimum Gasteiger partial charge on any atom is -0.135 e. The maximum absolute atomic E-state index is 2.48. The molecule has 0 spiro atoms. The topological polar surface area (TPSA) is 0 Å². The summed E-state index contributed by atoms with van der Waals surface area (Å²) in [5.74, 6) is 0. The highest BCUT2D eigenvalue weighted by Gasteiger charge is 2.37. The zero-order chi connectivity index (χ0) is 34.6. The maximum atomic E-state index is 2.48. The number of hydrogen-bond acceptors (Lipinski definition) is 1. The number of hydrogen-bond donors (Lipinski definition) is 0. The van der Waals surface area contributed by atoms with Crippen LogP contribution in [-0.2, 0) is 5.41 Å². The van der Waals surface area contributed by atoms with Gasteiger partial charge in [0.1, 0.15) is 0 Å². The lowest BCUT2D eigenvalue weighted by molar-refractivity contribution is 0.661. The second-order valence-electron chi connectivity index (χ2n) is 15.1. The summed E-state index contributed by atoms with van der Waals surface area (Å²) in [6, 6.07) is 52.9. The average molecular weight is 681 g/mol. The van der Waals surface area contributed by atoms with Crippen LogP contribution in [0.15, 0.2) is 158 Å². The maximum Gasteiger partial charge on any atom is 0.0362 e. The third kappa shape index (κ3) is 4.21. The fraction of sp³-hybridized carbons (Fsp3) is 0.0980. The molecular formula is C51H36S. The van der Waals surface area contributed by atoms with Gasteiger partial charge in [0.05, 0.1) is 0 Å². The van der Waals surface area contributed by atoms with Gasteiger partial charge in [0.25, 0.3) is 0 Å². The van der Waals surface area contributed by atoms with Crippen LogP contribution in [0.4, 0.5) is 0 Å². The van der Waals surface area contributed by atoms with Crippen molar-refractivity contribution in [1.82, 2.24) is 0 Å². The molecule has 0 N–H and O–H groups in total. The summed E-state index contributed by atoms with van der Waals surface area (Å²) in [6.45, 7) is 4.80. The Morgan fingerprint density at radius 3 is 1.90 bits per heavy atom. The van der Waals surface area contributed by atoms with E-state index in [4.69, 9.17) is 0 Å². The van der Waals surface area contributed by atoms with Crippen molar-refractivity contribution in [2.24, 2.45) is 0 Å². The highest BCUT2D eigenvalue weighted by atomic mass is 32.1. The Balaban J connectivity index is 1.14. The molecule has 2 aliphatic carbocycles. The Morgan fingerprint density at radius 2 is 1.15 bits per heavy atom. The van der Waals surface area contributed by atoms with Crippen molar-refractivity contribution in [2.75, 3.05) is 0 Å². The minimum atomic E-state index is -0.0869. The fourth-order valence-electron chi connectivity index (χ4n) is 9.50. The largest absolute Gasteiger partial charge is 0.135 e. The third-order valence-electron chi connectivity index (χ3n) is 11.9. The van der Waals surface area contributed by atoms with Crippen LogP contribution in [0.25, 0.3) is 91.4 Å². The van der Waals surface area contributed by atoms with Crippen LogP contribution in [0, 0.1) is 0 Å². The Labute approximate surface area is 308 Å². The van der Waals surface area contributed by atoms with Crippen LogP contribution < -0.4 is 0 Å². The van der Waals surface area contributed by atoms with E-state index in [1.54, 1.807) is 0 Å². The molecule has 0 bridgehead atoms. The number of thiophene rings is 1. The normalized spacial score (nSPS) is 14.8. The van der Waals surface area contributed by atoms with Gasteiger partial charge in [-0.3, -0.25) is 0 Å². The Morgan fingerprint density at radius 1 is 0.500 bits per heavy atom. The summed E-state index contributed by atoms with van der Waals surface area (Å²) in [5.41, 5.74) is 13.4. The molecule has 0 atom stereocenters.